The van der Waals surface area contributed by atoms with Crippen LogP contribution >= 0.6 is 0 Å². The lowest BCUT2D eigenvalue weighted by molar-refractivity contribution is -0.119. The van der Waals surface area contributed by atoms with Crippen molar-refractivity contribution in [1.29, 1.82) is 0 Å². The van der Waals surface area contributed by atoms with E-state index in [1.54, 1.807) is 19.1 Å². The predicted octanol–water partition coefficient (Wildman–Crippen LogP) is 3.21. The first-order valence-electron chi connectivity index (χ1n) is 7.38. The third-order valence-corrected chi connectivity index (χ3v) is 3.29. The van der Waals surface area contributed by atoms with Gasteiger partial charge in [0, 0.05) is 11.6 Å². The van der Waals surface area contributed by atoms with Gasteiger partial charge in [0.2, 0.25) is 0 Å². The van der Waals surface area contributed by atoms with Gasteiger partial charge in [0.1, 0.15) is 5.56 Å². The van der Waals surface area contributed by atoms with Crippen LogP contribution in [0.1, 0.15) is 47.1 Å². The van der Waals surface area contributed by atoms with Crippen molar-refractivity contribution in [3.05, 3.63) is 46.8 Å². The lowest BCUT2D eigenvalue weighted by Gasteiger charge is -2.08. The van der Waals surface area contributed by atoms with Crippen LogP contribution in [0.4, 0.5) is 5.69 Å². The topological polar surface area (TPSA) is 81.4 Å². The van der Waals surface area contributed by atoms with E-state index in [0.717, 1.165) is 5.56 Å². The fourth-order valence-electron chi connectivity index (χ4n) is 2.07. The number of aromatic nitrogens is 1. The Morgan fingerprint density at radius 3 is 2.48 bits per heavy atom. The number of hydrogen-bond donors (Lipinski definition) is 1. The fraction of sp³-hybridized carbons (Fsp3) is 0.353. The molecule has 0 atom stereocenters. The second kappa shape index (κ2) is 7.09. The summed E-state index contributed by atoms with van der Waals surface area (Å²) in [4.78, 5) is 24.0. The minimum absolute atomic E-state index is 0.000125. The molecule has 2 rings (SSSR count). The minimum atomic E-state index is -0.605. The number of aryl methyl sites for hydroxylation is 2. The van der Waals surface area contributed by atoms with Gasteiger partial charge in [-0.1, -0.05) is 36.7 Å². The zero-order chi connectivity index (χ0) is 17.0. The fourth-order valence-corrected chi connectivity index (χ4v) is 2.07. The average molecular weight is 316 g/mol. The van der Waals surface area contributed by atoms with Crippen molar-refractivity contribution in [2.24, 2.45) is 0 Å². The first kappa shape index (κ1) is 16.7. The lowest BCUT2D eigenvalue weighted by Crippen LogP contribution is -2.21. The maximum Gasteiger partial charge on any atom is 0.344 e. The standard InChI is InChI=1S/C17H20N2O4/c1-10(2)16-15(12(4)19-23-16)17(21)22-9-14(20)18-13-7-5-11(3)6-8-13/h5-8,10H,9H2,1-4H3,(H,18,20). The molecule has 0 aliphatic carbocycles. The van der Waals surface area contributed by atoms with Gasteiger partial charge in [0.05, 0.1) is 5.69 Å². The summed E-state index contributed by atoms with van der Waals surface area (Å²) in [6, 6.07) is 7.35. The molecule has 122 valence electrons. The van der Waals surface area contributed by atoms with E-state index in [1.807, 2.05) is 32.9 Å². The van der Waals surface area contributed by atoms with E-state index in [4.69, 9.17) is 9.26 Å². The largest absolute Gasteiger partial charge is 0.452 e. The number of ether oxygens (including phenoxy) is 1. The molecule has 0 radical (unpaired) electrons. The van der Waals surface area contributed by atoms with Crippen LogP contribution in [0.25, 0.3) is 0 Å². The second-order valence-electron chi connectivity index (χ2n) is 5.65. The highest BCUT2D eigenvalue weighted by atomic mass is 16.5. The third kappa shape index (κ3) is 4.18. The first-order valence-corrected chi connectivity index (χ1v) is 7.38. The molecule has 0 fully saturated rings. The van der Waals surface area contributed by atoms with Crippen molar-refractivity contribution >= 4 is 17.6 Å². The summed E-state index contributed by atoms with van der Waals surface area (Å²) in [5, 5.41) is 6.45. The van der Waals surface area contributed by atoms with Gasteiger partial charge < -0.3 is 14.6 Å². The molecule has 1 N–H and O–H groups in total. The lowest BCUT2D eigenvalue weighted by atomic mass is 10.1. The van der Waals surface area contributed by atoms with Crippen LogP contribution in [-0.2, 0) is 9.53 Å². The van der Waals surface area contributed by atoms with E-state index in [1.165, 1.54) is 0 Å². The Balaban J connectivity index is 1.95. The Kier molecular flexibility index (Phi) is 5.16. The summed E-state index contributed by atoms with van der Waals surface area (Å²) >= 11 is 0. The highest BCUT2D eigenvalue weighted by molar-refractivity contribution is 5.96. The zero-order valence-corrected chi connectivity index (χ0v) is 13.7. The second-order valence-corrected chi connectivity index (χ2v) is 5.65. The van der Waals surface area contributed by atoms with Crippen LogP contribution in [0.3, 0.4) is 0 Å². The van der Waals surface area contributed by atoms with E-state index in [2.05, 4.69) is 10.5 Å². The minimum Gasteiger partial charge on any atom is -0.452 e. The number of rotatable bonds is 5. The molecule has 0 bridgehead atoms. The number of hydrogen-bond acceptors (Lipinski definition) is 5. The number of esters is 1. The summed E-state index contributed by atoms with van der Waals surface area (Å²) in [5.41, 5.74) is 2.50. The summed E-state index contributed by atoms with van der Waals surface area (Å²) in [7, 11) is 0. The Bertz CT molecular complexity index is 702. The molecular weight excluding hydrogens is 296 g/mol. The number of carbonyl (C=O) groups excluding carboxylic acids is 2. The van der Waals surface area contributed by atoms with Crippen molar-refractivity contribution in [1.82, 2.24) is 5.16 Å². The molecule has 0 aliphatic heterocycles. The molecular formula is C17H20N2O4. The van der Waals surface area contributed by atoms with Gasteiger partial charge in [-0.2, -0.15) is 0 Å². The molecule has 6 nitrogen and oxygen atoms in total. The highest BCUT2D eigenvalue weighted by Crippen LogP contribution is 2.22. The first-order chi connectivity index (χ1) is 10.9. The van der Waals surface area contributed by atoms with Crippen LogP contribution in [0.15, 0.2) is 28.8 Å². The molecule has 1 aromatic heterocycles. The summed E-state index contributed by atoms with van der Waals surface area (Å²) in [5.74, 6) is -0.541. The number of nitrogens with zero attached hydrogens (tertiary/aromatic N) is 1. The summed E-state index contributed by atoms with van der Waals surface area (Å²) in [6.07, 6.45) is 0. The zero-order valence-electron chi connectivity index (χ0n) is 13.7. The normalized spacial score (nSPS) is 10.7. The third-order valence-electron chi connectivity index (χ3n) is 3.29. The number of carbonyl (C=O) groups is 2. The monoisotopic (exact) mass is 316 g/mol. The van der Waals surface area contributed by atoms with Gasteiger partial charge in [-0.3, -0.25) is 4.79 Å². The van der Waals surface area contributed by atoms with E-state index in [-0.39, 0.29) is 12.5 Å². The Hall–Kier alpha value is -2.63. The number of anilines is 1. The van der Waals surface area contributed by atoms with Crippen molar-refractivity contribution in [2.75, 3.05) is 11.9 Å². The van der Waals surface area contributed by atoms with Gasteiger partial charge in [0.15, 0.2) is 12.4 Å². The highest BCUT2D eigenvalue weighted by Gasteiger charge is 2.24. The average Bonchev–Trinajstić information content (AvgIpc) is 2.89. The van der Waals surface area contributed by atoms with Crippen LogP contribution in [0.2, 0.25) is 0 Å². The van der Waals surface area contributed by atoms with Crippen molar-refractivity contribution in [2.45, 2.75) is 33.6 Å². The predicted molar refractivity (Wildman–Crippen MR) is 85.4 cm³/mol. The van der Waals surface area contributed by atoms with Crippen LogP contribution < -0.4 is 5.32 Å². The van der Waals surface area contributed by atoms with E-state index in [0.29, 0.717) is 22.7 Å². The van der Waals surface area contributed by atoms with E-state index >= 15 is 0 Å². The Morgan fingerprint density at radius 2 is 1.87 bits per heavy atom. The maximum atomic E-state index is 12.2. The number of nitrogens with one attached hydrogen (secondary N) is 1. The molecule has 1 aromatic carbocycles. The SMILES string of the molecule is Cc1ccc(NC(=O)COC(=O)c2c(C)noc2C(C)C)cc1. The number of amides is 1. The van der Waals surface area contributed by atoms with Gasteiger partial charge in [-0.15, -0.1) is 0 Å². The van der Waals surface area contributed by atoms with Crippen molar-refractivity contribution in [3.8, 4) is 0 Å². The van der Waals surface area contributed by atoms with Gasteiger partial charge in [-0.25, -0.2) is 4.79 Å². The van der Waals surface area contributed by atoms with Crippen molar-refractivity contribution < 1.29 is 18.8 Å². The summed E-state index contributed by atoms with van der Waals surface area (Å²) < 4.78 is 10.2. The van der Waals surface area contributed by atoms with Crippen molar-refractivity contribution in [3.63, 3.8) is 0 Å². The summed E-state index contributed by atoms with van der Waals surface area (Å²) in [6.45, 7) is 7.04. The molecule has 23 heavy (non-hydrogen) atoms. The van der Waals surface area contributed by atoms with Gasteiger partial charge in [-0.05, 0) is 26.0 Å². The number of benzene rings is 1. The Labute approximate surface area is 134 Å². The van der Waals surface area contributed by atoms with Gasteiger partial charge in [0.25, 0.3) is 5.91 Å². The molecule has 2 aromatic rings. The molecule has 0 spiro atoms. The molecule has 0 saturated carbocycles. The van der Waals surface area contributed by atoms with E-state index < -0.39 is 11.9 Å². The quantitative estimate of drug-likeness (QED) is 0.857. The molecule has 6 heteroatoms. The maximum absolute atomic E-state index is 12.2. The smallest absolute Gasteiger partial charge is 0.344 e. The molecule has 0 saturated heterocycles. The molecule has 1 heterocycles. The molecule has 1 amide bonds. The Morgan fingerprint density at radius 1 is 1.22 bits per heavy atom. The van der Waals surface area contributed by atoms with Gasteiger partial charge >= 0.3 is 5.97 Å². The molecule has 0 unspecified atom stereocenters. The van der Waals surface area contributed by atoms with Crippen LogP contribution in [-0.4, -0.2) is 23.6 Å². The molecule has 0 aliphatic rings. The van der Waals surface area contributed by atoms with Crippen LogP contribution in [0.5, 0.6) is 0 Å². The van der Waals surface area contributed by atoms with E-state index in [9.17, 15) is 9.59 Å². The van der Waals surface area contributed by atoms with Crippen LogP contribution in [0, 0.1) is 13.8 Å².